The van der Waals surface area contributed by atoms with Crippen LogP contribution in [-0.4, -0.2) is 55.1 Å². The number of anilines is 1. The minimum Gasteiger partial charge on any atom is -0.496 e. The number of benzene rings is 2. The van der Waals surface area contributed by atoms with Crippen molar-refractivity contribution in [2.75, 3.05) is 25.6 Å². The molecule has 0 radical (unpaired) electrons. The van der Waals surface area contributed by atoms with Crippen molar-refractivity contribution in [3.63, 3.8) is 0 Å². The van der Waals surface area contributed by atoms with Gasteiger partial charge in [-0.1, -0.05) is 31.0 Å². The van der Waals surface area contributed by atoms with Crippen LogP contribution in [0.4, 0.5) is 5.69 Å². The monoisotopic (exact) mass is 480 g/mol. The summed E-state index contributed by atoms with van der Waals surface area (Å²) in [6, 6.07) is 13.5. The molecule has 0 aromatic heterocycles. The molecule has 8 nitrogen and oxygen atoms in total. The number of hydrogen-bond donors (Lipinski definition) is 1. The van der Waals surface area contributed by atoms with E-state index in [2.05, 4.69) is 5.32 Å². The van der Waals surface area contributed by atoms with E-state index in [9.17, 15) is 14.4 Å². The number of ether oxygens (including phenoxy) is 3. The molecule has 2 aromatic rings. The summed E-state index contributed by atoms with van der Waals surface area (Å²) in [5.41, 5.74) is 1.00. The summed E-state index contributed by atoms with van der Waals surface area (Å²) in [7, 11) is 1.54. The summed E-state index contributed by atoms with van der Waals surface area (Å²) in [6.45, 7) is 1.80. The fourth-order valence-electron chi connectivity index (χ4n) is 5.18. The Labute approximate surface area is 205 Å². The predicted molar refractivity (Wildman–Crippen MR) is 131 cm³/mol. The van der Waals surface area contributed by atoms with Crippen LogP contribution in [0.5, 0.6) is 11.5 Å². The van der Waals surface area contributed by atoms with Gasteiger partial charge in [0.25, 0.3) is 5.91 Å². The molecule has 1 saturated heterocycles. The highest BCUT2D eigenvalue weighted by Crippen LogP contribution is 2.41. The third-order valence-electron chi connectivity index (χ3n) is 6.73. The van der Waals surface area contributed by atoms with Gasteiger partial charge in [0.15, 0.2) is 6.61 Å². The molecule has 2 aromatic carbocycles. The second kappa shape index (κ2) is 11.3. The zero-order chi connectivity index (χ0) is 24.8. The van der Waals surface area contributed by atoms with Crippen LogP contribution in [0, 0.1) is 5.92 Å². The second-order valence-corrected chi connectivity index (χ2v) is 8.89. The van der Waals surface area contributed by atoms with Gasteiger partial charge < -0.3 is 24.4 Å². The highest BCUT2D eigenvalue weighted by atomic mass is 16.6. The molecule has 35 heavy (non-hydrogen) atoms. The Morgan fingerprint density at radius 2 is 1.86 bits per heavy atom. The molecule has 2 amide bonds. The summed E-state index contributed by atoms with van der Waals surface area (Å²) >= 11 is 0. The summed E-state index contributed by atoms with van der Waals surface area (Å²) < 4.78 is 15.8. The molecule has 2 fully saturated rings. The Hall–Kier alpha value is -3.55. The number of rotatable bonds is 8. The van der Waals surface area contributed by atoms with E-state index >= 15 is 0 Å². The molecule has 8 heteroatoms. The van der Waals surface area contributed by atoms with Gasteiger partial charge in [-0.25, -0.2) is 4.79 Å². The normalized spacial score (nSPS) is 21.1. The number of likely N-dealkylation sites (tertiary alicyclic amines) is 1. The average molecular weight is 481 g/mol. The van der Waals surface area contributed by atoms with Gasteiger partial charge in [0.2, 0.25) is 5.91 Å². The lowest BCUT2D eigenvalue weighted by Crippen LogP contribution is -2.48. The number of nitrogens with zero attached hydrogens (tertiary/aromatic N) is 1. The van der Waals surface area contributed by atoms with Crippen molar-refractivity contribution < 1.29 is 28.6 Å². The molecule has 1 saturated carbocycles. The molecule has 0 spiro atoms. The molecule has 2 aliphatic rings. The maximum absolute atomic E-state index is 13.7. The lowest BCUT2D eigenvalue weighted by atomic mass is 9.84. The Bertz CT molecular complexity index is 1070. The first-order chi connectivity index (χ1) is 17.0. The molecule has 1 aliphatic carbocycles. The fraction of sp³-hybridized carbons (Fsp3) is 0.444. The Morgan fingerprint density at radius 3 is 2.66 bits per heavy atom. The zero-order valence-electron chi connectivity index (χ0n) is 20.2. The highest BCUT2D eigenvalue weighted by molar-refractivity contribution is 6.03. The topological polar surface area (TPSA) is 94.2 Å². The van der Waals surface area contributed by atoms with Gasteiger partial charge in [-0.2, -0.15) is 0 Å². The lowest BCUT2D eigenvalue weighted by Gasteiger charge is -2.34. The van der Waals surface area contributed by atoms with E-state index in [4.69, 9.17) is 14.2 Å². The van der Waals surface area contributed by atoms with Crippen molar-refractivity contribution in [3.05, 3.63) is 54.1 Å². The van der Waals surface area contributed by atoms with Crippen molar-refractivity contribution in [1.82, 2.24) is 4.90 Å². The van der Waals surface area contributed by atoms with Gasteiger partial charge in [-0.05, 0) is 56.4 Å². The van der Waals surface area contributed by atoms with Crippen LogP contribution in [0.25, 0.3) is 0 Å². The summed E-state index contributed by atoms with van der Waals surface area (Å²) in [5.74, 6) is 0.382. The molecule has 1 N–H and O–H groups in total. The maximum Gasteiger partial charge on any atom is 0.344 e. The van der Waals surface area contributed by atoms with Crippen LogP contribution in [-0.2, 0) is 14.3 Å². The van der Waals surface area contributed by atoms with E-state index in [1.807, 2.05) is 6.07 Å². The highest BCUT2D eigenvalue weighted by Gasteiger charge is 2.48. The van der Waals surface area contributed by atoms with Crippen molar-refractivity contribution in [2.24, 2.45) is 5.92 Å². The van der Waals surface area contributed by atoms with E-state index in [1.54, 1.807) is 61.4 Å². The average Bonchev–Trinajstić information content (AvgIpc) is 3.27. The first kappa shape index (κ1) is 24.6. The largest absolute Gasteiger partial charge is 0.496 e. The lowest BCUT2D eigenvalue weighted by molar-refractivity contribution is -0.145. The molecule has 4 rings (SSSR count). The molecule has 0 bridgehead atoms. The number of methoxy groups -OCH3 is 1. The van der Waals surface area contributed by atoms with Crippen LogP contribution >= 0.6 is 0 Å². The quantitative estimate of drug-likeness (QED) is 0.573. The first-order valence-electron chi connectivity index (χ1n) is 12.2. The van der Waals surface area contributed by atoms with Crippen molar-refractivity contribution in [1.29, 1.82) is 0 Å². The van der Waals surface area contributed by atoms with Crippen LogP contribution in [0.2, 0.25) is 0 Å². The van der Waals surface area contributed by atoms with Crippen LogP contribution in [0.15, 0.2) is 48.5 Å². The number of esters is 1. The van der Waals surface area contributed by atoms with Crippen molar-refractivity contribution in [3.8, 4) is 11.5 Å². The maximum atomic E-state index is 13.7. The van der Waals surface area contributed by atoms with E-state index in [-0.39, 0.29) is 31.1 Å². The van der Waals surface area contributed by atoms with Crippen molar-refractivity contribution in [2.45, 2.75) is 51.1 Å². The Balaban J connectivity index is 1.52. The summed E-state index contributed by atoms with van der Waals surface area (Å²) in [6.07, 6.45) is 4.71. The summed E-state index contributed by atoms with van der Waals surface area (Å²) in [5, 5.41) is 2.95. The zero-order valence-corrected chi connectivity index (χ0v) is 20.2. The van der Waals surface area contributed by atoms with E-state index in [1.165, 1.54) is 0 Å². The molecule has 186 valence electrons. The van der Waals surface area contributed by atoms with Crippen LogP contribution in [0.1, 0.15) is 49.4 Å². The minimum absolute atomic E-state index is 0.0381. The Kier molecular flexibility index (Phi) is 7.90. The third-order valence-corrected chi connectivity index (χ3v) is 6.73. The van der Waals surface area contributed by atoms with Gasteiger partial charge in [-0.15, -0.1) is 0 Å². The van der Waals surface area contributed by atoms with E-state index in [0.717, 1.165) is 25.7 Å². The van der Waals surface area contributed by atoms with Crippen molar-refractivity contribution >= 4 is 23.5 Å². The number of hydrogen-bond acceptors (Lipinski definition) is 6. The Morgan fingerprint density at radius 1 is 1.06 bits per heavy atom. The van der Waals surface area contributed by atoms with E-state index in [0.29, 0.717) is 35.1 Å². The van der Waals surface area contributed by atoms with Gasteiger partial charge >= 0.3 is 5.97 Å². The molecule has 1 heterocycles. The molecule has 3 unspecified atom stereocenters. The summed E-state index contributed by atoms with van der Waals surface area (Å²) in [4.78, 5) is 40.5. The number of fused-ring (bicyclic) bond motifs is 1. The molecular weight excluding hydrogens is 448 g/mol. The van der Waals surface area contributed by atoms with Gasteiger partial charge in [0, 0.05) is 17.8 Å². The fourth-order valence-corrected chi connectivity index (χ4v) is 5.18. The SMILES string of the molecule is CCOC(=O)COc1cccc(NC(=O)C2CC3CCCCC3N2C(=O)c2ccccc2OC)c1. The number of carbonyl (C=O) groups is 3. The molecule has 1 aliphatic heterocycles. The third kappa shape index (κ3) is 5.58. The van der Waals surface area contributed by atoms with Gasteiger partial charge in [0.1, 0.15) is 17.5 Å². The number of amides is 2. The van der Waals surface area contributed by atoms with Crippen LogP contribution in [0.3, 0.4) is 0 Å². The molecular formula is C27H32N2O6. The van der Waals surface area contributed by atoms with E-state index < -0.39 is 12.0 Å². The molecule has 3 atom stereocenters. The minimum atomic E-state index is -0.579. The van der Waals surface area contributed by atoms with Gasteiger partial charge in [0.05, 0.1) is 19.3 Å². The van der Waals surface area contributed by atoms with Gasteiger partial charge in [-0.3, -0.25) is 9.59 Å². The first-order valence-corrected chi connectivity index (χ1v) is 12.2. The predicted octanol–water partition coefficient (Wildman–Crippen LogP) is 4.05. The smallest absolute Gasteiger partial charge is 0.344 e. The standard InChI is InChI=1S/C27H32N2O6/c1-3-34-25(30)17-35-20-11-8-10-19(16-20)28-26(31)23-15-18-9-4-6-13-22(18)29(23)27(32)21-12-5-7-14-24(21)33-2/h5,7-8,10-12,14,16,18,22-23H,3-4,6,9,13,15,17H2,1-2H3,(H,28,31). The number of carbonyl (C=O) groups excluding carboxylic acids is 3. The number of para-hydroxylation sites is 1. The van der Waals surface area contributed by atoms with Crippen LogP contribution < -0.4 is 14.8 Å². The number of nitrogens with one attached hydrogen (secondary N) is 1. The second-order valence-electron chi connectivity index (χ2n) is 8.89.